The van der Waals surface area contributed by atoms with Crippen molar-refractivity contribution >= 4 is 47.0 Å². The summed E-state index contributed by atoms with van der Waals surface area (Å²) in [6, 6.07) is 5.24. The Labute approximate surface area is 201 Å². The van der Waals surface area contributed by atoms with Gasteiger partial charge in [-0.1, -0.05) is 29.3 Å². The summed E-state index contributed by atoms with van der Waals surface area (Å²) in [6.45, 7) is 2.56. The molecule has 0 bridgehead atoms. The monoisotopic (exact) mass is 491 g/mol. The maximum Gasteiger partial charge on any atom is 0.276 e. The quantitative estimate of drug-likeness (QED) is 0.379. The van der Waals surface area contributed by atoms with Crippen LogP contribution in [0, 0.1) is 5.41 Å². The lowest BCUT2D eigenvalue weighted by molar-refractivity contribution is -0.134. The first-order chi connectivity index (χ1) is 15.9. The average molecular weight is 492 g/mol. The van der Waals surface area contributed by atoms with E-state index < -0.39 is 0 Å². The standard InChI is InChI=1S/C22H27Cl2N7O2/c23-15-4-3-13(10-16(15)24)12-27-22-29-18(11-25)19(20(32)30-22)28-14-5-8-31(9-6-14)21(33)17-2-1-7-26-17/h3-4,10-11,14,17,25-26,28H,1-2,5-9,12H2,(H2,27,29,30,32). The van der Waals surface area contributed by atoms with Gasteiger partial charge in [-0.25, -0.2) is 4.98 Å². The number of aromatic amines is 1. The Morgan fingerprint density at radius 3 is 2.70 bits per heavy atom. The summed E-state index contributed by atoms with van der Waals surface area (Å²) in [5.74, 6) is 0.433. The number of piperidine rings is 1. The van der Waals surface area contributed by atoms with Crippen molar-refractivity contribution in [1.29, 1.82) is 5.41 Å². The van der Waals surface area contributed by atoms with E-state index in [-0.39, 0.29) is 40.9 Å². The van der Waals surface area contributed by atoms with E-state index in [1.165, 1.54) is 0 Å². The molecule has 1 aromatic heterocycles. The number of H-pyrrole nitrogens is 1. The summed E-state index contributed by atoms with van der Waals surface area (Å²) >= 11 is 12.0. The van der Waals surface area contributed by atoms with Gasteiger partial charge in [0.25, 0.3) is 5.56 Å². The van der Waals surface area contributed by atoms with Crippen molar-refractivity contribution in [2.24, 2.45) is 0 Å². The van der Waals surface area contributed by atoms with Crippen molar-refractivity contribution in [3.63, 3.8) is 0 Å². The third kappa shape index (κ3) is 5.66. The predicted molar refractivity (Wildman–Crippen MR) is 131 cm³/mol. The second kappa shape index (κ2) is 10.5. The number of rotatable bonds is 7. The second-order valence-electron chi connectivity index (χ2n) is 8.31. The molecule has 1 atom stereocenters. The smallest absolute Gasteiger partial charge is 0.276 e. The molecular weight excluding hydrogens is 465 g/mol. The molecule has 2 aliphatic rings. The van der Waals surface area contributed by atoms with Crippen LogP contribution in [-0.2, 0) is 11.3 Å². The van der Waals surface area contributed by atoms with Gasteiger partial charge >= 0.3 is 0 Å². The van der Waals surface area contributed by atoms with Crippen molar-refractivity contribution in [2.45, 2.75) is 44.3 Å². The Morgan fingerprint density at radius 2 is 2.03 bits per heavy atom. The van der Waals surface area contributed by atoms with Crippen LogP contribution in [0.5, 0.6) is 0 Å². The SMILES string of the molecule is N=Cc1nc(NCc2ccc(Cl)c(Cl)c2)[nH]c(=O)c1NC1CCN(C(=O)C2CCCN2)CC1. The Kier molecular flexibility index (Phi) is 7.52. The highest BCUT2D eigenvalue weighted by Crippen LogP contribution is 2.23. The number of aromatic nitrogens is 2. The summed E-state index contributed by atoms with van der Waals surface area (Å²) in [6.07, 6.45) is 4.45. The molecule has 176 valence electrons. The normalized spacial score (nSPS) is 18.8. The van der Waals surface area contributed by atoms with Crippen molar-refractivity contribution in [3.05, 3.63) is 49.9 Å². The number of hydrogen-bond donors (Lipinski definition) is 5. The van der Waals surface area contributed by atoms with Gasteiger partial charge in [0.15, 0.2) is 0 Å². The van der Waals surface area contributed by atoms with Crippen LogP contribution in [0.15, 0.2) is 23.0 Å². The van der Waals surface area contributed by atoms with Crippen LogP contribution in [0.2, 0.25) is 10.0 Å². The van der Waals surface area contributed by atoms with E-state index in [4.69, 9.17) is 28.6 Å². The van der Waals surface area contributed by atoms with Gasteiger partial charge in [-0.05, 0) is 49.9 Å². The van der Waals surface area contributed by atoms with Crippen molar-refractivity contribution in [3.8, 4) is 0 Å². The number of nitrogens with zero attached hydrogens (tertiary/aromatic N) is 2. The summed E-state index contributed by atoms with van der Waals surface area (Å²) in [5, 5.41) is 18.2. The maximum atomic E-state index is 12.7. The van der Waals surface area contributed by atoms with Crippen LogP contribution in [0.1, 0.15) is 36.9 Å². The third-order valence-electron chi connectivity index (χ3n) is 6.04. The summed E-state index contributed by atoms with van der Waals surface area (Å²) in [5.41, 5.74) is 1.05. The molecule has 11 heteroatoms. The van der Waals surface area contributed by atoms with E-state index in [1.807, 2.05) is 11.0 Å². The first-order valence-corrected chi connectivity index (χ1v) is 11.8. The molecule has 0 radical (unpaired) electrons. The van der Waals surface area contributed by atoms with E-state index in [0.29, 0.717) is 29.7 Å². The van der Waals surface area contributed by atoms with Crippen molar-refractivity contribution in [2.75, 3.05) is 30.3 Å². The Morgan fingerprint density at radius 1 is 1.24 bits per heavy atom. The largest absolute Gasteiger partial charge is 0.376 e. The van der Waals surface area contributed by atoms with Gasteiger partial charge in [0.05, 0.1) is 16.1 Å². The minimum absolute atomic E-state index is 0.0298. The summed E-state index contributed by atoms with van der Waals surface area (Å²) < 4.78 is 0. The highest BCUT2D eigenvalue weighted by molar-refractivity contribution is 6.42. The molecule has 4 rings (SSSR count). The number of carbonyl (C=O) groups is 1. The number of carbonyl (C=O) groups excluding carboxylic acids is 1. The molecule has 1 amide bonds. The van der Waals surface area contributed by atoms with Gasteiger partial charge < -0.3 is 26.3 Å². The zero-order valence-electron chi connectivity index (χ0n) is 18.1. The highest BCUT2D eigenvalue weighted by Gasteiger charge is 2.30. The first-order valence-electron chi connectivity index (χ1n) is 11.1. The lowest BCUT2D eigenvalue weighted by Crippen LogP contribution is -2.49. The van der Waals surface area contributed by atoms with Gasteiger partial charge in [-0.3, -0.25) is 14.6 Å². The van der Waals surface area contributed by atoms with E-state index >= 15 is 0 Å². The van der Waals surface area contributed by atoms with E-state index in [1.54, 1.807) is 12.1 Å². The molecule has 5 N–H and O–H groups in total. The number of anilines is 2. The Hall–Kier alpha value is -2.62. The fourth-order valence-corrected chi connectivity index (χ4v) is 4.54. The summed E-state index contributed by atoms with van der Waals surface area (Å²) in [4.78, 5) is 34.3. The zero-order valence-corrected chi connectivity index (χ0v) is 19.6. The summed E-state index contributed by atoms with van der Waals surface area (Å²) in [7, 11) is 0. The van der Waals surface area contributed by atoms with Crippen LogP contribution < -0.4 is 21.5 Å². The topological polar surface area (TPSA) is 126 Å². The molecule has 0 aliphatic carbocycles. The van der Waals surface area contributed by atoms with Crippen LogP contribution in [0.4, 0.5) is 11.6 Å². The van der Waals surface area contributed by atoms with Gasteiger partial charge in [-0.15, -0.1) is 0 Å². The van der Waals surface area contributed by atoms with Gasteiger partial charge in [-0.2, -0.15) is 0 Å². The van der Waals surface area contributed by atoms with Gasteiger partial charge in [0.2, 0.25) is 11.9 Å². The molecule has 33 heavy (non-hydrogen) atoms. The molecule has 0 spiro atoms. The number of halogens is 2. The number of nitrogens with one attached hydrogen (secondary N) is 5. The molecule has 1 unspecified atom stereocenters. The number of likely N-dealkylation sites (tertiary alicyclic amines) is 1. The van der Waals surface area contributed by atoms with Gasteiger partial charge in [0.1, 0.15) is 11.4 Å². The van der Waals surface area contributed by atoms with Crippen LogP contribution in [-0.4, -0.2) is 58.7 Å². The number of hydrogen-bond acceptors (Lipinski definition) is 7. The molecule has 2 aliphatic heterocycles. The fraction of sp³-hybridized carbons (Fsp3) is 0.455. The minimum Gasteiger partial charge on any atom is -0.376 e. The van der Waals surface area contributed by atoms with E-state index in [2.05, 4.69) is 25.9 Å². The number of amides is 1. The first kappa shape index (κ1) is 23.5. The van der Waals surface area contributed by atoms with E-state index in [9.17, 15) is 9.59 Å². The lowest BCUT2D eigenvalue weighted by Gasteiger charge is -2.34. The molecule has 2 fully saturated rings. The minimum atomic E-state index is -0.353. The Bertz CT molecular complexity index is 1080. The van der Waals surface area contributed by atoms with Crippen LogP contribution >= 0.6 is 23.2 Å². The predicted octanol–water partition coefficient (Wildman–Crippen LogP) is 2.84. The molecule has 3 heterocycles. The van der Waals surface area contributed by atoms with Crippen molar-refractivity contribution < 1.29 is 4.79 Å². The third-order valence-corrected chi connectivity index (χ3v) is 6.78. The zero-order chi connectivity index (χ0) is 23.4. The van der Waals surface area contributed by atoms with E-state index in [0.717, 1.165) is 44.0 Å². The number of benzene rings is 1. The maximum absolute atomic E-state index is 12.7. The lowest BCUT2D eigenvalue weighted by atomic mass is 10.0. The average Bonchev–Trinajstić information content (AvgIpc) is 3.36. The van der Waals surface area contributed by atoms with Crippen LogP contribution in [0.25, 0.3) is 0 Å². The Balaban J connectivity index is 1.37. The molecule has 0 saturated carbocycles. The highest BCUT2D eigenvalue weighted by atomic mass is 35.5. The second-order valence-corrected chi connectivity index (χ2v) is 9.13. The van der Waals surface area contributed by atoms with Crippen LogP contribution in [0.3, 0.4) is 0 Å². The molecule has 2 aromatic rings. The molecule has 1 aromatic carbocycles. The molecule has 2 saturated heterocycles. The fourth-order valence-electron chi connectivity index (χ4n) is 4.22. The van der Waals surface area contributed by atoms with Gasteiger partial charge in [0, 0.05) is 31.9 Å². The molecule has 9 nitrogen and oxygen atoms in total. The molecular formula is C22H27Cl2N7O2. The van der Waals surface area contributed by atoms with Crippen molar-refractivity contribution in [1.82, 2.24) is 20.2 Å².